The number of aryl methyl sites for hydroxylation is 1. The molecule has 0 aliphatic rings. The van der Waals surface area contributed by atoms with Gasteiger partial charge in [-0.05, 0) is 32.9 Å². The van der Waals surface area contributed by atoms with Gasteiger partial charge < -0.3 is 14.7 Å². The van der Waals surface area contributed by atoms with Crippen molar-refractivity contribution in [3.05, 3.63) is 45.9 Å². The van der Waals surface area contributed by atoms with Gasteiger partial charge in [-0.2, -0.15) is 0 Å². The lowest BCUT2D eigenvalue weighted by Crippen LogP contribution is -2.41. The molecule has 1 amide bonds. The maximum atomic E-state index is 12.3. The molecule has 2 rings (SSSR count). The van der Waals surface area contributed by atoms with Gasteiger partial charge in [-0.1, -0.05) is 17.7 Å². The molecular formula is C18H22N2O4S. The average Bonchev–Trinajstić information content (AvgIpc) is 2.99. The van der Waals surface area contributed by atoms with Gasteiger partial charge in [0.15, 0.2) is 0 Å². The van der Waals surface area contributed by atoms with Crippen molar-refractivity contribution in [1.29, 1.82) is 0 Å². The molecular weight excluding hydrogens is 340 g/mol. The maximum Gasteiger partial charge on any atom is 0.323 e. The van der Waals surface area contributed by atoms with Crippen molar-refractivity contribution in [2.75, 3.05) is 6.54 Å². The second kappa shape index (κ2) is 8.62. The highest BCUT2D eigenvalue weighted by atomic mass is 32.1. The van der Waals surface area contributed by atoms with Crippen LogP contribution in [-0.2, 0) is 22.6 Å². The van der Waals surface area contributed by atoms with Crippen molar-refractivity contribution in [2.24, 2.45) is 0 Å². The Morgan fingerprint density at radius 2 is 1.96 bits per heavy atom. The van der Waals surface area contributed by atoms with Crippen LogP contribution in [0.15, 0.2) is 29.6 Å². The molecule has 0 aliphatic heterocycles. The quantitative estimate of drug-likeness (QED) is 0.781. The van der Waals surface area contributed by atoms with Crippen molar-refractivity contribution < 1.29 is 19.4 Å². The number of hydrogen-bond acceptors (Lipinski definition) is 5. The van der Waals surface area contributed by atoms with Crippen LogP contribution in [0.5, 0.6) is 5.75 Å². The van der Waals surface area contributed by atoms with Crippen molar-refractivity contribution in [2.45, 2.75) is 39.8 Å². The Morgan fingerprint density at radius 3 is 2.56 bits per heavy atom. The Morgan fingerprint density at radius 1 is 1.28 bits per heavy atom. The lowest BCUT2D eigenvalue weighted by molar-refractivity contribution is -0.145. The van der Waals surface area contributed by atoms with E-state index < -0.39 is 5.97 Å². The molecule has 0 radical (unpaired) electrons. The summed E-state index contributed by atoms with van der Waals surface area (Å²) in [7, 11) is 0. The minimum atomic E-state index is -1.02. The van der Waals surface area contributed by atoms with E-state index in [-0.39, 0.29) is 24.9 Å². The number of ether oxygens (including phenoxy) is 1. The summed E-state index contributed by atoms with van der Waals surface area (Å²) in [5.41, 5.74) is 1.80. The van der Waals surface area contributed by atoms with Crippen LogP contribution in [0.1, 0.15) is 30.1 Å². The molecule has 1 aromatic carbocycles. The maximum absolute atomic E-state index is 12.3. The van der Waals surface area contributed by atoms with E-state index in [4.69, 9.17) is 9.84 Å². The first-order chi connectivity index (χ1) is 11.8. The normalized spacial score (nSPS) is 10.7. The number of carbonyl (C=O) groups is 2. The molecule has 0 spiro atoms. The Kier molecular flexibility index (Phi) is 6.52. The van der Waals surface area contributed by atoms with E-state index in [0.717, 1.165) is 10.8 Å². The molecule has 0 bridgehead atoms. The summed E-state index contributed by atoms with van der Waals surface area (Å²) in [6, 6.07) is 7.58. The lowest BCUT2D eigenvalue weighted by Gasteiger charge is -2.24. The molecule has 0 saturated heterocycles. The molecule has 0 unspecified atom stereocenters. The minimum Gasteiger partial charge on any atom is -0.486 e. The molecule has 0 saturated carbocycles. The standard InChI is InChI=1S/C18H22N2O4S/c1-12(2)20(9-18(22)23)17(21)8-14-11-25-16(19-14)10-24-15-6-4-13(3)5-7-15/h4-7,11-12H,8-10H2,1-3H3,(H,22,23). The predicted molar refractivity (Wildman–Crippen MR) is 95.8 cm³/mol. The molecule has 0 aliphatic carbocycles. The molecule has 7 heteroatoms. The summed E-state index contributed by atoms with van der Waals surface area (Å²) < 4.78 is 5.68. The van der Waals surface area contributed by atoms with Gasteiger partial charge in [0.25, 0.3) is 0 Å². The molecule has 1 N–H and O–H groups in total. The molecule has 2 aromatic rings. The number of rotatable bonds is 8. The third-order valence-electron chi connectivity index (χ3n) is 3.56. The molecule has 25 heavy (non-hydrogen) atoms. The number of amides is 1. The topological polar surface area (TPSA) is 79.7 Å². The highest BCUT2D eigenvalue weighted by Gasteiger charge is 2.21. The van der Waals surface area contributed by atoms with Gasteiger partial charge in [0, 0.05) is 11.4 Å². The van der Waals surface area contributed by atoms with Crippen LogP contribution in [0.3, 0.4) is 0 Å². The van der Waals surface area contributed by atoms with Gasteiger partial charge in [-0.15, -0.1) is 11.3 Å². The fraction of sp³-hybridized carbons (Fsp3) is 0.389. The van der Waals surface area contributed by atoms with Crippen LogP contribution in [0.4, 0.5) is 0 Å². The number of benzene rings is 1. The largest absolute Gasteiger partial charge is 0.486 e. The van der Waals surface area contributed by atoms with Crippen LogP contribution in [-0.4, -0.2) is 39.5 Å². The number of carbonyl (C=O) groups excluding carboxylic acids is 1. The third kappa shape index (κ3) is 5.86. The molecule has 134 valence electrons. The number of hydrogen-bond donors (Lipinski definition) is 1. The second-order valence-corrected chi connectivity index (χ2v) is 6.96. The first-order valence-corrected chi connectivity index (χ1v) is 8.87. The fourth-order valence-electron chi connectivity index (χ4n) is 2.24. The van der Waals surface area contributed by atoms with Crippen LogP contribution in [0.2, 0.25) is 0 Å². The summed E-state index contributed by atoms with van der Waals surface area (Å²) in [6.07, 6.45) is 0.0898. The van der Waals surface area contributed by atoms with Crippen LogP contribution >= 0.6 is 11.3 Å². The molecule has 0 atom stereocenters. The SMILES string of the molecule is Cc1ccc(OCc2nc(CC(=O)N(CC(=O)O)C(C)C)cs2)cc1. The van der Waals surface area contributed by atoms with E-state index in [1.165, 1.54) is 21.8 Å². The van der Waals surface area contributed by atoms with Crippen LogP contribution in [0.25, 0.3) is 0 Å². The molecule has 6 nitrogen and oxygen atoms in total. The first kappa shape index (κ1) is 18.9. The summed E-state index contributed by atoms with van der Waals surface area (Å²) in [6.45, 7) is 5.64. The number of thiazole rings is 1. The van der Waals surface area contributed by atoms with E-state index in [0.29, 0.717) is 12.3 Å². The number of carboxylic acids is 1. The van der Waals surface area contributed by atoms with Crippen molar-refractivity contribution in [3.63, 3.8) is 0 Å². The van der Waals surface area contributed by atoms with E-state index in [1.807, 2.05) is 36.6 Å². The first-order valence-electron chi connectivity index (χ1n) is 7.99. The van der Waals surface area contributed by atoms with E-state index in [1.54, 1.807) is 13.8 Å². The van der Waals surface area contributed by atoms with Gasteiger partial charge in [0.05, 0.1) is 12.1 Å². The second-order valence-electron chi connectivity index (χ2n) is 6.02. The molecule has 1 aromatic heterocycles. The third-order valence-corrected chi connectivity index (χ3v) is 4.44. The zero-order chi connectivity index (χ0) is 18.4. The van der Waals surface area contributed by atoms with Gasteiger partial charge in [0.1, 0.15) is 23.9 Å². The Balaban J connectivity index is 1.92. The zero-order valence-electron chi connectivity index (χ0n) is 14.6. The summed E-state index contributed by atoms with van der Waals surface area (Å²) in [5.74, 6) is -0.493. The van der Waals surface area contributed by atoms with Gasteiger partial charge >= 0.3 is 5.97 Å². The van der Waals surface area contributed by atoms with Crippen LogP contribution in [0, 0.1) is 6.92 Å². The monoisotopic (exact) mass is 362 g/mol. The Bertz CT molecular complexity index is 725. The highest BCUT2D eigenvalue weighted by molar-refractivity contribution is 7.09. The molecule has 1 heterocycles. The average molecular weight is 362 g/mol. The van der Waals surface area contributed by atoms with Gasteiger partial charge in [-0.3, -0.25) is 9.59 Å². The highest BCUT2D eigenvalue weighted by Crippen LogP contribution is 2.17. The number of aromatic nitrogens is 1. The summed E-state index contributed by atoms with van der Waals surface area (Å²) >= 11 is 1.42. The zero-order valence-corrected chi connectivity index (χ0v) is 15.4. The number of nitrogens with zero attached hydrogens (tertiary/aromatic N) is 2. The predicted octanol–water partition coefficient (Wildman–Crippen LogP) is 2.89. The van der Waals surface area contributed by atoms with Crippen molar-refractivity contribution in [1.82, 2.24) is 9.88 Å². The van der Waals surface area contributed by atoms with E-state index in [2.05, 4.69) is 4.98 Å². The van der Waals surface area contributed by atoms with Gasteiger partial charge in [0.2, 0.25) is 5.91 Å². The van der Waals surface area contributed by atoms with Gasteiger partial charge in [-0.25, -0.2) is 4.98 Å². The summed E-state index contributed by atoms with van der Waals surface area (Å²) in [5, 5.41) is 11.5. The Labute approximate surface area is 151 Å². The molecule has 0 fully saturated rings. The van der Waals surface area contributed by atoms with E-state index in [9.17, 15) is 9.59 Å². The number of aliphatic carboxylic acids is 1. The smallest absolute Gasteiger partial charge is 0.323 e. The Hall–Kier alpha value is -2.41. The van der Waals surface area contributed by atoms with Crippen molar-refractivity contribution >= 4 is 23.2 Å². The number of carboxylic acid groups (broad SMARTS) is 1. The summed E-state index contributed by atoms with van der Waals surface area (Å²) in [4.78, 5) is 28.9. The van der Waals surface area contributed by atoms with Crippen LogP contribution < -0.4 is 4.74 Å². The fourth-order valence-corrected chi connectivity index (χ4v) is 2.94. The van der Waals surface area contributed by atoms with Crippen molar-refractivity contribution in [3.8, 4) is 5.75 Å². The lowest BCUT2D eigenvalue weighted by atomic mass is 10.2. The van der Waals surface area contributed by atoms with E-state index >= 15 is 0 Å². The minimum absolute atomic E-state index is 0.0898.